The van der Waals surface area contributed by atoms with Crippen molar-refractivity contribution in [2.24, 2.45) is 0 Å². The summed E-state index contributed by atoms with van der Waals surface area (Å²) in [5, 5.41) is 4.39. The summed E-state index contributed by atoms with van der Waals surface area (Å²) in [5.74, 6) is 0.884. The number of rotatable bonds is 2. The van der Waals surface area contributed by atoms with Crippen LogP contribution in [0, 0.1) is 6.92 Å². The van der Waals surface area contributed by atoms with Crippen LogP contribution in [0.4, 0.5) is 10.6 Å². The average Bonchev–Trinajstić information content (AvgIpc) is 3.00. The predicted octanol–water partition coefficient (Wildman–Crippen LogP) is 2.63. The molecule has 0 unspecified atom stereocenters. The van der Waals surface area contributed by atoms with Crippen molar-refractivity contribution in [2.75, 3.05) is 31.1 Å². The Balaban J connectivity index is 1.71. The van der Waals surface area contributed by atoms with Crippen LogP contribution >= 0.6 is 0 Å². The third-order valence-corrected chi connectivity index (χ3v) is 3.96. The summed E-state index contributed by atoms with van der Waals surface area (Å²) in [4.78, 5) is 20.7. The smallest absolute Gasteiger partial charge is 0.410 e. The molecule has 134 valence electrons. The van der Waals surface area contributed by atoms with Crippen LogP contribution in [0.5, 0.6) is 0 Å². The Kier molecular flexibility index (Phi) is 4.65. The van der Waals surface area contributed by atoms with Crippen LogP contribution in [0.3, 0.4) is 0 Å². The lowest BCUT2D eigenvalue weighted by Crippen LogP contribution is -2.50. The van der Waals surface area contributed by atoms with Crippen molar-refractivity contribution in [1.82, 2.24) is 19.7 Å². The second-order valence-corrected chi connectivity index (χ2v) is 7.26. The highest BCUT2D eigenvalue weighted by Crippen LogP contribution is 2.23. The van der Waals surface area contributed by atoms with Gasteiger partial charge in [0.25, 0.3) is 0 Å². The highest BCUT2D eigenvalue weighted by Gasteiger charge is 2.27. The van der Waals surface area contributed by atoms with Gasteiger partial charge >= 0.3 is 6.09 Å². The summed E-state index contributed by atoms with van der Waals surface area (Å²) in [6.07, 6.45) is 5.35. The van der Waals surface area contributed by atoms with Gasteiger partial charge in [-0.15, -0.1) is 0 Å². The van der Waals surface area contributed by atoms with Gasteiger partial charge in [0.05, 0.1) is 6.20 Å². The lowest BCUT2D eigenvalue weighted by atomic mass is 10.2. The number of anilines is 1. The molecule has 1 aliphatic rings. The largest absolute Gasteiger partial charge is 0.444 e. The maximum atomic E-state index is 12.2. The average molecular weight is 343 g/mol. The Morgan fingerprint density at radius 3 is 2.52 bits per heavy atom. The van der Waals surface area contributed by atoms with Crippen molar-refractivity contribution < 1.29 is 9.53 Å². The first-order chi connectivity index (χ1) is 11.8. The molecule has 0 radical (unpaired) electrons. The molecular formula is C18H25N5O2. The first-order valence-electron chi connectivity index (χ1n) is 8.53. The monoisotopic (exact) mass is 343 g/mol. The van der Waals surface area contributed by atoms with Crippen LogP contribution in [-0.4, -0.2) is 57.5 Å². The fraction of sp³-hybridized carbons (Fsp3) is 0.500. The topological polar surface area (TPSA) is 63.5 Å². The van der Waals surface area contributed by atoms with E-state index in [2.05, 4.69) is 15.0 Å². The molecule has 7 nitrogen and oxygen atoms in total. The molecule has 1 amide bonds. The molecule has 0 aliphatic carbocycles. The molecule has 3 rings (SSSR count). The molecule has 0 saturated carbocycles. The summed E-state index contributed by atoms with van der Waals surface area (Å²) in [5.41, 5.74) is 1.58. The van der Waals surface area contributed by atoms with Crippen molar-refractivity contribution in [3.05, 3.63) is 36.3 Å². The number of aromatic nitrogens is 3. The molecule has 0 aromatic carbocycles. The van der Waals surface area contributed by atoms with E-state index in [4.69, 9.17) is 4.74 Å². The van der Waals surface area contributed by atoms with E-state index >= 15 is 0 Å². The molecule has 0 spiro atoms. The summed E-state index contributed by atoms with van der Waals surface area (Å²) in [6, 6.07) is 3.92. The van der Waals surface area contributed by atoms with Gasteiger partial charge in [0.1, 0.15) is 11.3 Å². The van der Waals surface area contributed by atoms with E-state index in [9.17, 15) is 4.79 Å². The second-order valence-electron chi connectivity index (χ2n) is 7.26. The first kappa shape index (κ1) is 17.3. The summed E-state index contributed by atoms with van der Waals surface area (Å²) < 4.78 is 7.30. The highest BCUT2D eigenvalue weighted by molar-refractivity contribution is 5.69. The van der Waals surface area contributed by atoms with Gasteiger partial charge in [0, 0.05) is 38.6 Å². The minimum absolute atomic E-state index is 0.254. The normalized spacial score (nSPS) is 15.4. The zero-order valence-corrected chi connectivity index (χ0v) is 15.3. The van der Waals surface area contributed by atoms with Crippen LogP contribution < -0.4 is 4.90 Å². The van der Waals surface area contributed by atoms with E-state index in [0.717, 1.165) is 17.1 Å². The fourth-order valence-corrected chi connectivity index (χ4v) is 2.78. The molecule has 0 atom stereocenters. The Morgan fingerprint density at radius 1 is 1.20 bits per heavy atom. The maximum absolute atomic E-state index is 12.2. The zero-order chi connectivity index (χ0) is 18.0. The maximum Gasteiger partial charge on any atom is 0.410 e. The van der Waals surface area contributed by atoms with Gasteiger partial charge in [-0.05, 0) is 45.4 Å². The predicted molar refractivity (Wildman–Crippen MR) is 96.1 cm³/mol. The van der Waals surface area contributed by atoms with Crippen LogP contribution in [0.25, 0.3) is 5.69 Å². The second kappa shape index (κ2) is 6.74. The van der Waals surface area contributed by atoms with E-state index in [1.807, 2.05) is 56.9 Å². The third-order valence-electron chi connectivity index (χ3n) is 3.96. The number of amides is 1. The molecule has 3 heterocycles. The van der Waals surface area contributed by atoms with E-state index < -0.39 is 5.60 Å². The summed E-state index contributed by atoms with van der Waals surface area (Å²) in [7, 11) is 0. The van der Waals surface area contributed by atoms with E-state index in [-0.39, 0.29) is 6.09 Å². The number of carbonyl (C=O) groups is 1. The summed E-state index contributed by atoms with van der Waals surface area (Å²) >= 11 is 0. The number of ether oxygens (including phenoxy) is 1. The van der Waals surface area contributed by atoms with Gasteiger partial charge in [-0.25, -0.2) is 14.5 Å². The minimum atomic E-state index is -0.472. The Hall–Kier alpha value is -2.57. The highest BCUT2D eigenvalue weighted by atomic mass is 16.6. The quantitative estimate of drug-likeness (QED) is 0.839. The minimum Gasteiger partial charge on any atom is -0.444 e. The van der Waals surface area contributed by atoms with Crippen LogP contribution in [0.1, 0.15) is 26.3 Å². The van der Waals surface area contributed by atoms with E-state index in [1.54, 1.807) is 11.1 Å². The lowest BCUT2D eigenvalue weighted by Gasteiger charge is -2.36. The number of piperazine rings is 1. The van der Waals surface area contributed by atoms with Gasteiger partial charge in [-0.2, -0.15) is 5.10 Å². The van der Waals surface area contributed by atoms with Crippen molar-refractivity contribution in [3.8, 4) is 5.69 Å². The molecular weight excluding hydrogens is 318 g/mol. The van der Waals surface area contributed by atoms with Crippen LogP contribution in [0.15, 0.2) is 30.7 Å². The van der Waals surface area contributed by atoms with Crippen LogP contribution in [-0.2, 0) is 4.74 Å². The number of carbonyl (C=O) groups excluding carboxylic acids is 1. The van der Waals surface area contributed by atoms with Crippen molar-refractivity contribution in [1.29, 1.82) is 0 Å². The molecule has 1 aliphatic heterocycles. The summed E-state index contributed by atoms with van der Waals surface area (Å²) in [6.45, 7) is 10.3. The number of pyridine rings is 1. The van der Waals surface area contributed by atoms with Gasteiger partial charge in [-0.1, -0.05) is 0 Å². The first-order valence-corrected chi connectivity index (χ1v) is 8.53. The molecule has 2 aromatic heterocycles. The number of hydrogen-bond donors (Lipinski definition) is 0. The van der Waals surface area contributed by atoms with Crippen molar-refractivity contribution >= 4 is 11.9 Å². The van der Waals surface area contributed by atoms with Crippen molar-refractivity contribution in [3.63, 3.8) is 0 Å². The lowest BCUT2D eigenvalue weighted by molar-refractivity contribution is 0.0240. The van der Waals surface area contributed by atoms with Gasteiger partial charge in [-0.3, -0.25) is 0 Å². The van der Waals surface area contributed by atoms with Gasteiger partial charge in [0.15, 0.2) is 5.82 Å². The number of nitrogens with zero attached hydrogens (tertiary/aromatic N) is 5. The zero-order valence-electron chi connectivity index (χ0n) is 15.3. The van der Waals surface area contributed by atoms with Crippen LogP contribution in [0.2, 0.25) is 0 Å². The number of hydrogen-bond acceptors (Lipinski definition) is 5. The molecule has 0 N–H and O–H groups in total. The Labute approximate surface area is 148 Å². The fourth-order valence-electron chi connectivity index (χ4n) is 2.78. The van der Waals surface area contributed by atoms with E-state index in [1.165, 1.54) is 0 Å². The van der Waals surface area contributed by atoms with Gasteiger partial charge < -0.3 is 14.5 Å². The SMILES string of the molecule is Cc1cnn(-c2cccnc2N2CCN(C(=O)OC(C)(C)C)CC2)c1. The Morgan fingerprint density at radius 2 is 1.92 bits per heavy atom. The standard InChI is InChI=1S/C18H25N5O2/c1-14-12-20-23(13-14)15-6-5-7-19-16(15)21-8-10-22(11-9-21)17(24)25-18(2,3)4/h5-7,12-13H,8-11H2,1-4H3. The molecule has 7 heteroatoms. The molecule has 2 aromatic rings. The molecule has 0 bridgehead atoms. The van der Waals surface area contributed by atoms with Gasteiger partial charge in [0.2, 0.25) is 0 Å². The molecule has 1 saturated heterocycles. The molecule has 1 fully saturated rings. The number of aryl methyl sites for hydroxylation is 1. The van der Waals surface area contributed by atoms with E-state index in [0.29, 0.717) is 26.2 Å². The molecule has 25 heavy (non-hydrogen) atoms. The third kappa shape index (κ3) is 4.10. The van der Waals surface area contributed by atoms with Crippen molar-refractivity contribution in [2.45, 2.75) is 33.3 Å². The Bertz CT molecular complexity index is 742.